The maximum Gasteiger partial charge on any atom is 0.272 e. The van der Waals surface area contributed by atoms with Gasteiger partial charge in [-0.05, 0) is 19.1 Å². The summed E-state index contributed by atoms with van der Waals surface area (Å²) >= 11 is 19.4. The van der Waals surface area contributed by atoms with E-state index in [0.717, 1.165) is 4.88 Å². The number of halogens is 3. The fourth-order valence-corrected chi connectivity index (χ4v) is 3.30. The molecule has 0 bridgehead atoms. The first-order chi connectivity index (χ1) is 9.38. The number of nitro groups is 1. The second-order valence-electron chi connectivity index (χ2n) is 4.05. The number of nitro benzene ring substituents is 1. The molecule has 0 saturated heterocycles. The average molecular weight is 352 g/mol. The molecule has 106 valence electrons. The minimum absolute atomic E-state index is 0.0658. The fraction of sp³-hybridized carbons (Fsp3) is 0.167. The minimum Gasteiger partial charge on any atom is -0.375 e. The summed E-state index contributed by atoms with van der Waals surface area (Å²) in [5.74, 6) is 0. The summed E-state index contributed by atoms with van der Waals surface area (Å²) in [6.07, 6.45) is 0. The van der Waals surface area contributed by atoms with Crippen LogP contribution in [0.4, 0.5) is 11.4 Å². The molecule has 2 aromatic rings. The summed E-state index contributed by atoms with van der Waals surface area (Å²) in [4.78, 5) is 11.2. The molecule has 0 amide bonds. The number of rotatable bonds is 4. The second-order valence-corrected chi connectivity index (χ2v) is 6.61. The minimum atomic E-state index is -0.538. The molecule has 1 atom stereocenters. The lowest BCUT2D eigenvalue weighted by atomic mass is 10.2. The van der Waals surface area contributed by atoms with Gasteiger partial charge in [0, 0.05) is 17.0 Å². The van der Waals surface area contributed by atoms with Crippen molar-refractivity contribution in [1.82, 2.24) is 0 Å². The van der Waals surface area contributed by atoms with Gasteiger partial charge in [0.1, 0.15) is 0 Å². The number of thiophene rings is 1. The molecular formula is C12H9Cl3N2O2S. The molecule has 8 heteroatoms. The van der Waals surface area contributed by atoms with Gasteiger partial charge in [-0.15, -0.1) is 11.3 Å². The quantitative estimate of drug-likeness (QED) is 0.560. The van der Waals surface area contributed by atoms with Crippen LogP contribution in [-0.4, -0.2) is 4.92 Å². The zero-order valence-corrected chi connectivity index (χ0v) is 13.3. The van der Waals surface area contributed by atoms with Crippen LogP contribution in [0.3, 0.4) is 0 Å². The van der Waals surface area contributed by atoms with E-state index in [-0.39, 0.29) is 21.8 Å². The lowest BCUT2D eigenvalue weighted by Crippen LogP contribution is -2.06. The van der Waals surface area contributed by atoms with Gasteiger partial charge in [0.2, 0.25) is 0 Å². The lowest BCUT2D eigenvalue weighted by Gasteiger charge is -2.16. The molecule has 0 radical (unpaired) electrons. The SMILES string of the molecule is CC(Nc1c(Cl)cc([N+](=O)[O-])cc1Cl)c1ccc(Cl)s1. The van der Waals surface area contributed by atoms with Crippen LogP contribution in [0.5, 0.6) is 0 Å². The number of benzene rings is 1. The van der Waals surface area contributed by atoms with E-state index in [1.54, 1.807) is 6.07 Å². The number of anilines is 1. The standard InChI is InChI=1S/C12H9Cl3N2O2S/c1-6(10-2-3-11(15)20-10)16-12-8(13)4-7(17(18)19)5-9(12)14/h2-6,16H,1H3. The summed E-state index contributed by atoms with van der Waals surface area (Å²) in [6.45, 7) is 1.93. The van der Waals surface area contributed by atoms with Crippen LogP contribution in [-0.2, 0) is 0 Å². The van der Waals surface area contributed by atoms with Crippen LogP contribution in [0.15, 0.2) is 24.3 Å². The predicted octanol–water partition coefficient (Wildman–Crippen LogP) is 5.79. The van der Waals surface area contributed by atoms with E-state index in [1.807, 2.05) is 13.0 Å². The highest BCUT2D eigenvalue weighted by molar-refractivity contribution is 7.16. The van der Waals surface area contributed by atoms with E-state index in [0.29, 0.717) is 10.0 Å². The van der Waals surface area contributed by atoms with E-state index in [9.17, 15) is 10.1 Å². The molecule has 0 spiro atoms. The van der Waals surface area contributed by atoms with Gasteiger partial charge in [-0.3, -0.25) is 10.1 Å². The Hall–Kier alpha value is -1.01. The van der Waals surface area contributed by atoms with Crippen LogP contribution >= 0.6 is 46.1 Å². The summed E-state index contributed by atoms with van der Waals surface area (Å²) in [5.41, 5.74) is 0.327. The number of non-ortho nitro benzene ring substituents is 1. The third kappa shape index (κ3) is 3.35. The van der Waals surface area contributed by atoms with Crippen LogP contribution in [0.25, 0.3) is 0 Å². The van der Waals surface area contributed by atoms with Crippen molar-refractivity contribution >= 4 is 57.5 Å². The molecule has 4 nitrogen and oxygen atoms in total. The molecule has 0 fully saturated rings. The first-order valence-electron chi connectivity index (χ1n) is 5.53. The van der Waals surface area contributed by atoms with Crippen LogP contribution in [0.2, 0.25) is 14.4 Å². The Balaban J connectivity index is 2.27. The highest BCUT2D eigenvalue weighted by Gasteiger charge is 2.17. The van der Waals surface area contributed by atoms with Gasteiger partial charge in [0.05, 0.1) is 31.0 Å². The zero-order valence-electron chi connectivity index (χ0n) is 10.2. The highest BCUT2D eigenvalue weighted by atomic mass is 35.5. The second kappa shape index (κ2) is 6.18. The zero-order chi connectivity index (χ0) is 14.9. The Kier molecular flexibility index (Phi) is 4.75. The van der Waals surface area contributed by atoms with Gasteiger partial charge in [-0.1, -0.05) is 34.8 Å². The monoisotopic (exact) mass is 350 g/mol. The van der Waals surface area contributed by atoms with Gasteiger partial charge in [0.25, 0.3) is 5.69 Å². The molecule has 2 rings (SSSR count). The Labute approximate surface area is 134 Å². The third-order valence-electron chi connectivity index (χ3n) is 2.62. The van der Waals surface area contributed by atoms with Crippen molar-refractivity contribution in [3.8, 4) is 0 Å². The molecule has 1 heterocycles. The van der Waals surface area contributed by atoms with Crippen molar-refractivity contribution in [2.45, 2.75) is 13.0 Å². The lowest BCUT2D eigenvalue weighted by molar-refractivity contribution is -0.384. The molecule has 20 heavy (non-hydrogen) atoms. The summed E-state index contributed by atoms with van der Waals surface area (Å²) in [6, 6.07) is 6.17. The largest absolute Gasteiger partial charge is 0.375 e. The van der Waals surface area contributed by atoms with Crippen molar-refractivity contribution in [2.24, 2.45) is 0 Å². The van der Waals surface area contributed by atoms with Crippen molar-refractivity contribution in [3.05, 3.63) is 53.6 Å². The van der Waals surface area contributed by atoms with Crippen LogP contribution in [0, 0.1) is 10.1 Å². The first-order valence-corrected chi connectivity index (χ1v) is 7.48. The molecular weight excluding hydrogens is 343 g/mol. The van der Waals surface area contributed by atoms with Crippen LogP contribution in [0.1, 0.15) is 17.8 Å². The topological polar surface area (TPSA) is 55.2 Å². The van der Waals surface area contributed by atoms with E-state index in [4.69, 9.17) is 34.8 Å². The van der Waals surface area contributed by atoms with Gasteiger partial charge < -0.3 is 5.32 Å². The Morgan fingerprint density at radius 2 is 1.85 bits per heavy atom. The van der Waals surface area contributed by atoms with E-state index in [2.05, 4.69) is 5.32 Å². The fourth-order valence-electron chi connectivity index (χ4n) is 1.65. The Morgan fingerprint density at radius 1 is 1.25 bits per heavy atom. The van der Waals surface area contributed by atoms with Gasteiger partial charge in [0.15, 0.2) is 0 Å². The smallest absolute Gasteiger partial charge is 0.272 e. The highest BCUT2D eigenvalue weighted by Crippen LogP contribution is 2.37. The Bertz CT molecular complexity index is 637. The molecule has 0 aliphatic rings. The summed E-state index contributed by atoms with van der Waals surface area (Å²) in [7, 11) is 0. The molecule has 0 saturated carbocycles. The third-order valence-corrected chi connectivity index (χ3v) is 4.63. The maximum atomic E-state index is 10.7. The number of nitrogens with zero attached hydrogens (tertiary/aromatic N) is 1. The predicted molar refractivity (Wildman–Crippen MR) is 84.5 cm³/mol. The first kappa shape index (κ1) is 15.4. The average Bonchev–Trinajstić information content (AvgIpc) is 2.80. The van der Waals surface area contributed by atoms with E-state index in [1.165, 1.54) is 23.5 Å². The number of hydrogen-bond acceptors (Lipinski definition) is 4. The molecule has 1 unspecified atom stereocenters. The Morgan fingerprint density at radius 3 is 2.30 bits per heavy atom. The van der Waals surface area contributed by atoms with E-state index < -0.39 is 4.92 Å². The summed E-state index contributed by atoms with van der Waals surface area (Å²) < 4.78 is 0.689. The van der Waals surface area contributed by atoms with Crippen molar-refractivity contribution in [1.29, 1.82) is 0 Å². The van der Waals surface area contributed by atoms with Gasteiger partial charge >= 0.3 is 0 Å². The number of hydrogen-bond donors (Lipinski definition) is 1. The molecule has 0 aliphatic heterocycles. The molecule has 1 aromatic heterocycles. The number of nitrogens with one attached hydrogen (secondary N) is 1. The summed E-state index contributed by atoms with van der Waals surface area (Å²) in [5, 5.41) is 14.3. The molecule has 1 N–H and O–H groups in total. The normalized spacial score (nSPS) is 12.2. The van der Waals surface area contributed by atoms with Crippen molar-refractivity contribution < 1.29 is 4.92 Å². The molecule has 1 aromatic carbocycles. The van der Waals surface area contributed by atoms with Crippen LogP contribution < -0.4 is 5.32 Å². The van der Waals surface area contributed by atoms with Gasteiger partial charge in [-0.25, -0.2) is 0 Å². The van der Waals surface area contributed by atoms with Crippen molar-refractivity contribution in [2.75, 3.05) is 5.32 Å². The maximum absolute atomic E-state index is 10.7. The van der Waals surface area contributed by atoms with E-state index >= 15 is 0 Å². The van der Waals surface area contributed by atoms with Crippen molar-refractivity contribution in [3.63, 3.8) is 0 Å². The van der Waals surface area contributed by atoms with Gasteiger partial charge in [-0.2, -0.15) is 0 Å². The molecule has 0 aliphatic carbocycles.